The number of nitrogens with one attached hydrogen (secondary N) is 2. The third-order valence-corrected chi connectivity index (χ3v) is 6.22. The van der Waals surface area contributed by atoms with Crippen molar-refractivity contribution in [1.29, 1.82) is 0 Å². The largest absolute Gasteiger partial charge is 0.497 e. The number of benzene rings is 3. The molecule has 1 aliphatic rings. The fourth-order valence-electron chi connectivity index (χ4n) is 4.35. The molecular weight excluding hydrogens is 489 g/mol. The second-order valence-corrected chi connectivity index (χ2v) is 8.57. The lowest BCUT2D eigenvalue weighted by molar-refractivity contribution is -0.113. The molecule has 0 saturated carbocycles. The Morgan fingerprint density at radius 3 is 2.61 bits per heavy atom. The lowest BCUT2D eigenvalue weighted by atomic mass is 9.94. The minimum Gasteiger partial charge on any atom is -0.497 e. The van der Waals surface area contributed by atoms with E-state index in [1.165, 1.54) is 25.6 Å². The van der Waals surface area contributed by atoms with Crippen molar-refractivity contribution in [2.45, 2.75) is 19.6 Å². The molecule has 9 nitrogen and oxygen atoms in total. The lowest BCUT2D eigenvalue weighted by Crippen LogP contribution is -2.31. The summed E-state index contributed by atoms with van der Waals surface area (Å²) in [5.41, 5.74) is 3.02. The Balaban J connectivity index is 1.52. The Labute approximate surface area is 218 Å². The van der Waals surface area contributed by atoms with Crippen molar-refractivity contribution in [3.8, 4) is 17.2 Å². The van der Waals surface area contributed by atoms with Gasteiger partial charge in [-0.25, -0.2) is 9.07 Å². The van der Waals surface area contributed by atoms with Gasteiger partial charge in [-0.05, 0) is 42.8 Å². The molecule has 194 valence electrons. The standard InChI is InChI=1S/C28H26FN5O4/c1-17-25(27(35)33-22-14-20(36-2)12-13-24(22)37-3)26(34-28(32-17)30-16-31-34)21-6-4-5-7-23(21)38-15-18-8-10-19(29)11-9-18/h4-14,16,26H,15H2,1-3H3,(H,33,35)(H,30,31,32). The average Bonchev–Trinajstić information content (AvgIpc) is 3.40. The molecule has 2 N–H and O–H groups in total. The summed E-state index contributed by atoms with van der Waals surface area (Å²) in [7, 11) is 3.08. The highest BCUT2D eigenvalue weighted by Crippen LogP contribution is 2.40. The van der Waals surface area contributed by atoms with Crippen LogP contribution in [0, 0.1) is 5.82 Å². The Kier molecular flexibility index (Phi) is 6.94. The zero-order chi connectivity index (χ0) is 26.6. The number of aromatic nitrogens is 3. The van der Waals surface area contributed by atoms with Gasteiger partial charge in [0.05, 0.1) is 25.5 Å². The van der Waals surface area contributed by atoms with Gasteiger partial charge in [-0.3, -0.25) is 4.79 Å². The highest BCUT2D eigenvalue weighted by Gasteiger charge is 2.35. The van der Waals surface area contributed by atoms with E-state index in [-0.39, 0.29) is 18.3 Å². The normalized spacial score (nSPS) is 14.4. The molecule has 0 fully saturated rings. The second kappa shape index (κ2) is 10.6. The highest BCUT2D eigenvalue weighted by molar-refractivity contribution is 6.06. The Morgan fingerprint density at radius 2 is 1.84 bits per heavy atom. The minimum atomic E-state index is -0.644. The van der Waals surface area contributed by atoms with Crippen molar-refractivity contribution < 1.29 is 23.4 Å². The molecule has 10 heteroatoms. The number of allylic oxidation sites excluding steroid dienone is 1. The number of nitrogens with zero attached hydrogens (tertiary/aromatic N) is 3. The van der Waals surface area contributed by atoms with Crippen LogP contribution in [0.3, 0.4) is 0 Å². The SMILES string of the molecule is COc1ccc(OC)c(NC(=O)C2=C(C)Nc3ncnn3C2c2ccccc2OCc2ccc(F)cc2)c1. The number of para-hydroxylation sites is 1. The van der Waals surface area contributed by atoms with Gasteiger partial charge in [-0.1, -0.05) is 30.3 Å². The van der Waals surface area contributed by atoms with E-state index in [0.29, 0.717) is 45.7 Å². The predicted molar refractivity (Wildman–Crippen MR) is 140 cm³/mol. The van der Waals surface area contributed by atoms with Crippen LogP contribution < -0.4 is 24.8 Å². The van der Waals surface area contributed by atoms with Crippen LogP contribution in [0.4, 0.5) is 16.0 Å². The maximum Gasteiger partial charge on any atom is 0.255 e. The van der Waals surface area contributed by atoms with Gasteiger partial charge < -0.3 is 24.8 Å². The first kappa shape index (κ1) is 24.8. The average molecular weight is 516 g/mol. The predicted octanol–water partition coefficient (Wildman–Crippen LogP) is 4.94. The summed E-state index contributed by atoms with van der Waals surface area (Å²) in [4.78, 5) is 18.1. The molecule has 0 aliphatic carbocycles. The van der Waals surface area contributed by atoms with Crippen molar-refractivity contribution in [3.63, 3.8) is 0 Å². The van der Waals surface area contributed by atoms with E-state index in [0.717, 1.165) is 5.56 Å². The van der Waals surface area contributed by atoms with E-state index in [2.05, 4.69) is 20.7 Å². The smallest absolute Gasteiger partial charge is 0.255 e. The molecule has 0 bridgehead atoms. The molecular formula is C28H26FN5O4. The number of methoxy groups -OCH3 is 2. The maximum absolute atomic E-state index is 13.8. The third kappa shape index (κ3) is 4.88. The van der Waals surface area contributed by atoms with Crippen molar-refractivity contribution >= 4 is 17.5 Å². The highest BCUT2D eigenvalue weighted by atomic mass is 19.1. The molecule has 0 spiro atoms. The summed E-state index contributed by atoms with van der Waals surface area (Å²) in [5.74, 6) is 1.44. The Hall–Kier alpha value is -4.86. The molecule has 2 heterocycles. The van der Waals surface area contributed by atoms with Gasteiger partial charge in [0.2, 0.25) is 5.95 Å². The van der Waals surface area contributed by atoms with Gasteiger partial charge >= 0.3 is 0 Å². The summed E-state index contributed by atoms with van der Waals surface area (Å²) in [6.07, 6.45) is 1.43. The number of hydrogen-bond acceptors (Lipinski definition) is 7. The zero-order valence-electron chi connectivity index (χ0n) is 21.1. The summed E-state index contributed by atoms with van der Waals surface area (Å²) in [5, 5.41) is 10.5. The van der Waals surface area contributed by atoms with Crippen LogP contribution in [-0.4, -0.2) is 34.9 Å². The molecule has 4 aromatic rings. The van der Waals surface area contributed by atoms with E-state index in [4.69, 9.17) is 14.2 Å². The van der Waals surface area contributed by atoms with Crippen LogP contribution in [0.15, 0.2) is 84.3 Å². The molecule has 0 saturated heterocycles. The van der Waals surface area contributed by atoms with Gasteiger partial charge in [0, 0.05) is 17.3 Å². The van der Waals surface area contributed by atoms with Gasteiger partial charge in [-0.15, -0.1) is 0 Å². The minimum absolute atomic E-state index is 0.220. The van der Waals surface area contributed by atoms with Crippen LogP contribution in [0.2, 0.25) is 0 Å². The number of carbonyl (C=O) groups excluding carboxylic acids is 1. The molecule has 1 atom stereocenters. The quantitative estimate of drug-likeness (QED) is 0.343. The fourth-order valence-corrected chi connectivity index (χ4v) is 4.35. The van der Waals surface area contributed by atoms with Crippen molar-refractivity contribution in [2.24, 2.45) is 0 Å². The topological polar surface area (TPSA) is 99.5 Å². The first-order chi connectivity index (χ1) is 18.5. The number of hydrogen-bond donors (Lipinski definition) is 2. The molecule has 1 aliphatic heterocycles. The summed E-state index contributed by atoms with van der Waals surface area (Å²) >= 11 is 0. The van der Waals surface area contributed by atoms with Gasteiger partial charge in [0.15, 0.2) is 0 Å². The summed E-state index contributed by atoms with van der Waals surface area (Å²) in [6.45, 7) is 2.03. The third-order valence-electron chi connectivity index (χ3n) is 6.22. The summed E-state index contributed by atoms with van der Waals surface area (Å²) in [6, 6.07) is 18.1. The summed E-state index contributed by atoms with van der Waals surface area (Å²) < 4.78 is 31.9. The molecule has 1 aromatic heterocycles. The Morgan fingerprint density at radius 1 is 1.05 bits per heavy atom. The molecule has 3 aromatic carbocycles. The number of amides is 1. The molecule has 1 unspecified atom stereocenters. The van der Waals surface area contributed by atoms with Gasteiger partial charge in [0.25, 0.3) is 5.91 Å². The van der Waals surface area contributed by atoms with Crippen molar-refractivity contribution in [3.05, 3.63) is 101 Å². The van der Waals surface area contributed by atoms with Crippen LogP contribution in [0.5, 0.6) is 17.2 Å². The lowest BCUT2D eigenvalue weighted by Gasteiger charge is -2.30. The van der Waals surface area contributed by atoms with E-state index in [9.17, 15) is 9.18 Å². The monoisotopic (exact) mass is 515 g/mol. The first-order valence-corrected chi connectivity index (χ1v) is 11.9. The zero-order valence-corrected chi connectivity index (χ0v) is 21.1. The van der Waals surface area contributed by atoms with Crippen molar-refractivity contribution in [2.75, 3.05) is 24.9 Å². The van der Waals surface area contributed by atoms with Gasteiger partial charge in [-0.2, -0.15) is 10.1 Å². The number of halogens is 1. The number of ether oxygens (including phenoxy) is 3. The number of carbonyl (C=O) groups is 1. The van der Waals surface area contributed by atoms with Crippen LogP contribution in [-0.2, 0) is 11.4 Å². The second-order valence-electron chi connectivity index (χ2n) is 8.57. The molecule has 0 radical (unpaired) electrons. The van der Waals surface area contributed by atoms with E-state index >= 15 is 0 Å². The van der Waals surface area contributed by atoms with E-state index < -0.39 is 6.04 Å². The van der Waals surface area contributed by atoms with E-state index in [1.54, 1.807) is 42.1 Å². The fraction of sp³-hybridized carbons (Fsp3) is 0.179. The van der Waals surface area contributed by atoms with Crippen LogP contribution in [0.25, 0.3) is 0 Å². The maximum atomic E-state index is 13.8. The van der Waals surface area contributed by atoms with Crippen LogP contribution >= 0.6 is 0 Å². The number of rotatable bonds is 8. The van der Waals surface area contributed by atoms with Gasteiger partial charge in [0.1, 0.15) is 42.0 Å². The Bertz CT molecular complexity index is 1500. The number of anilines is 2. The van der Waals surface area contributed by atoms with Crippen LogP contribution in [0.1, 0.15) is 24.1 Å². The van der Waals surface area contributed by atoms with Crippen molar-refractivity contribution in [1.82, 2.24) is 14.8 Å². The number of fused-ring (bicyclic) bond motifs is 1. The first-order valence-electron chi connectivity index (χ1n) is 11.9. The molecule has 38 heavy (non-hydrogen) atoms. The van der Waals surface area contributed by atoms with E-state index in [1.807, 2.05) is 31.2 Å². The molecule has 1 amide bonds. The molecule has 5 rings (SSSR count).